The van der Waals surface area contributed by atoms with Gasteiger partial charge in [-0.05, 0) is 55.0 Å². The average Bonchev–Trinajstić information content (AvgIpc) is 3.27. The molecule has 8 heteroatoms. The number of rotatable bonds is 9. The highest BCUT2D eigenvalue weighted by molar-refractivity contribution is 7.82. The molecule has 0 bridgehead atoms. The van der Waals surface area contributed by atoms with E-state index in [9.17, 15) is 9.59 Å². The third kappa shape index (κ3) is 6.04. The van der Waals surface area contributed by atoms with Crippen LogP contribution in [-0.2, 0) is 0 Å². The Balaban J connectivity index is 1.46. The lowest BCUT2D eigenvalue weighted by molar-refractivity contribution is 0.0579. The van der Waals surface area contributed by atoms with Crippen molar-refractivity contribution in [3.05, 3.63) is 54.1 Å². The van der Waals surface area contributed by atoms with Crippen molar-refractivity contribution in [3.63, 3.8) is 0 Å². The summed E-state index contributed by atoms with van der Waals surface area (Å²) in [6, 6.07) is 14.9. The molecule has 1 atom stereocenters. The monoisotopic (exact) mass is 496 g/mol. The first-order valence-corrected chi connectivity index (χ1v) is 13.1. The number of amides is 4. The quantitative estimate of drug-likeness (QED) is 0.400. The minimum atomic E-state index is -0.673. The molecule has 1 saturated heterocycles. The number of anilines is 2. The summed E-state index contributed by atoms with van der Waals surface area (Å²) in [5.41, 5.74) is 8.17. The van der Waals surface area contributed by atoms with E-state index in [1.165, 1.54) is 37.7 Å². The number of nitrogens with zero attached hydrogens (tertiary/aromatic N) is 3. The van der Waals surface area contributed by atoms with Crippen molar-refractivity contribution in [3.8, 4) is 5.75 Å². The lowest BCUT2D eigenvalue weighted by Gasteiger charge is -2.29. The number of thiol groups is 1. The second-order valence-corrected chi connectivity index (χ2v) is 9.82. The van der Waals surface area contributed by atoms with E-state index in [2.05, 4.69) is 44.0 Å². The number of benzene rings is 2. The number of unbranched alkanes of at least 4 members (excludes halogenated alkanes) is 1. The molecule has 4 amide bonds. The summed E-state index contributed by atoms with van der Waals surface area (Å²) in [5.74, 6) is 1.21. The fourth-order valence-electron chi connectivity index (χ4n) is 5.05. The maximum atomic E-state index is 13.4. The molecule has 2 aromatic carbocycles. The Morgan fingerprint density at radius 1 is 1.14 bits per heavy atom. The van der Waals surface area contributed by atoms with Crippen LogP contribution in [0.15, 0.2) is 48.5 Å². The van der Waals surface area contributed by atoms with Gasteiger partial charge in [-0.1, -0.05) is 63.6 Å². The molecule has 1 heterocycles. The second kappa shape index (κ2) is 11.7. The summed E-state index contributed by atoms with van der Waals surface area (Å²) in [7, 11) is 0. The molecule has 1 aliphatic carbocycles. The van der Waals surface area contributed by atoms with E-state index in [1.54, 1.807) is 18.2 Å². The molecular weight excluding hydrogens is 460 g/mol. The number of carbonyl (C=O) groups excluding carboxylic acids is 2. The van der Waals surface area contributed by atoms with Gasteiger partial charge in [0.25, 0.3) is 0 Å². The predicted molar refractivity (Wildman–Crippen MR) is 143 cm³/mol. The normalized spacial score (nSPS) is 17.5. The van der Waals surface area contributed by atoms with E-state index in [1.807, 2.05) is 15.9 Å². The third-order valence-electron chi connectivity index (χ3n) is 7.02. The van der Waals surface area contributed by atoms with Crippen LogP contribution in [0.4, 0.5) is 21.0 Å². The van der Waals surface area contributed by atoms with Crippen LogP contribution in [-0.4, -0.2) is 36.3 Å². The van der Waals surface area contributed by atoms with Crippen molar-refractivity contribution in [1.29, 1.82) is 0 Å². The Bertz CT molecular complexity index is 1010. The molecule has 0 aromatic heterocycles. The molecule has 7 nitrogen and oxygen atoms in total. The van der Waals surface area contributed by atoms with Gasteiger partial charge in [0.1, 0.15) is 5.75 Å². The summed E-state index contributed by atoms with van der Waals surface area (Å²) in [6.07, 6.45) is 8.74. The molecular formula is C27H36N4O3S. The zero-order valence-electron chi connectivity index (χ0n) is 20.4. The first-order chi connectivity index (χ1) is 17.0. The van der Waals surface area contributed by atoms with Crippen molar-refractivity contribution < 1.29 is 14.3 Å². The fraction of sp³-hybridized carbons (Fsp3) is 0.481. The first-order valence-electron chi connectivity index (χ1n) is 12.7. The van der Waals surface area contributed by atoms with Crippen molar-refractivity contribution >= 4 is 36.3 Å². The molecule has 1 saturated carbocycles. The van der Waals surface area contributed by atoms with Crippen LogP contribution in [0.1, 0.15) is 69.8 Å². The van der Waals surface area contributed by atoms with Crippen LogP contribution < -0.4 is 19.7 Å². The molecule has 2 fully saturated rings. The number of nitrogens with two attached hydrogens (primary N) is 1. The van der Waals surface area contributed by atoms with E-state index in [4.69, 9.17) is 10.5 Å². The highest BCUT2D eigenvalue weighted by Gasteiger charge is 2.35. The predicted octanol–water partition coefficient (Wildman–Crippen LogP) is 6.30. The van der Waals surface area contributed by atoms with Crippen molar-refractivity contribution in [2.75, 3.05) is 22.3 Å². The Kier molecular flexibility index (Phi) is 8.44. The van der Waals surface area contributed by atoms with Crippen LogP contribution in [0.2, 0.25) is 0 Å². The van der Waals surface area contributed by atoms with Gasteiger partial charge in [0.15, 0.2) is 6.23 Å². The van der Waals surface area contributed by atoms with Crippen molar-refractivity contribution in [2.24, 2.45) is 5.73 Å². The number of ether oxygens (including phenoxy) is 1. The van der Waals surface area contributed by atoms with Crippen molar-refractivity contribution in [1.82, 2.24) is 4.90 Å². The molecule has 0 spiro atoms. The average molecular weight is 497 g/mol. The van der Waals surface area contributed by atoms with Gasteiger partial charge in [-0.25, -0.2) is 13.9 Å². The molecule has 2 aromatic rings. The van der Waals surface area contributed by atoms with Crippen LogP contribution in [0, 0.1) is 0 Å². The first kappa shape index (κ1) is 25.2. The fourth-order valence-corrected chi connectivity index (χ4v) is 5.18. The van der Waals surface area contributed by atoms with Gasteiger partial charge in [0.2, 0.25) is 0 Å². The Morgan fingerprint density at radius 2 is 1.89 bits per heavy atom. The minimum absolute atomic E-state index is 0.0411. The maximum absolute atomic E-state index is 13.4. The Morgan fingerprint density at radius 3 is 2.57 bits per heavy atom. The molecule has 35 heavy (non-hydrogen) atoms. The standard InChI is InChI=1S/C27H36N4O3S/c1-2-3-12-25(34-24-11-7-10-23(19-24)31(35)26(28)32)30-18-17-29(27(30)33)22-15-13-21(14-16-22)20-8-5-4-6-9-20/h7,10-11,13-16,19-20,25,35H,2-6,8-9,12,17-18H2,1H3,(H2,28,32). The number of primary amides is 1. The topological polar surface area (TPSA) is 79.1 Å². The lowest BCUT2D eigenvalue weighted by atomic mass is 9.84. The smallest absolute Gasteiger partial charge is 0.329 e. The molecule has 188 valence electrons. The highest BCUT2D eigenvalue weighted by Crippen LogP contribution is 2.34. The SMILES string of the molecule is CCCCC(Oc1cccc(N(S)C(N)=O)c1)N1CCN(c2ccc(C3CCCCC3)cc2)C1=O. The van der Waals surface area contributed by atoms with Gasteiger partial charge in [0, 0.05) is 31.3 Å². The number of carbonyl (C=O) groups is 2. The minimum Gasteiger partial charge on any atom is -0.470 e. The van der Waals surface area contributed by atoms with E-state index < -0.39 is 12.3 Å². The lowest BCUT2D eigenvalue weighted by Crippen LogP contribution is -2.42. The Labute approximate surface area is 213 Å². The van der Waals surface area contributed by atoms with Crippen LogP contribution >= 0.6 is 12.8 Å². The highest BCUT2D eigenvalue weighted by atomic mass is 32.1. The van der Waals surface area contributed by atoms with E-state index >= 15 is 0 Å². The molecule has 2 aliphatic rings. The molecule has 1 aliphatic heterocycles. The summed E-state index contributed by atoms with van der Waals surface area (Å²) in [4.78, 5) is 28.6. The van der Waals surface area contributed by atoms with Gasteiger partial charge in [0.05, 0.1) is 5.69 Å². The summed E-state index contributed by atoms with van der Waals surface area (Å²) in [6.45, 7) is 3.34. The summed E-state index contributed by atoms with van der Waals surface area (Å²) in [5, 5.41) is 0. The molecule has 4 rings (SSSR count). The van der Waals surface area contributed by atoms with Gasteiger partial charge in [-0.3, -0.25) is 9.80 Å². The second-order valence-electron chi connectivity index (χ2n) is 9.42. The van der Waals surface area contributed by atoms with Crippen LogP contribution in [0.5, 0.6) is 5.75 Å². The van der Waals surface area contributed by atoms with Crippen molar-refractivity contribution in [2.45, 2.75) is 70.4 Å². The van der Waals surface area contributed by atoms with E-state index in [0.29, 0.717) is 30.4 Å². The van der Waals surface area contributed by atoms with Crippen LogP contribution in [0.25, 0.3) is 0 Å². The molecule has 2 N–H and O–H groups in total. The molecule has 0 radical (unpaired) electrons. The summed E-state index contributed by atoms with van der Waals surface area (Å²) < 4.78 is 7.35. The molecule has 1 unspecified atom stereocenters. The van der Waals surface area contributed by atoms with Gasteiger partial charge < -0.3 is 10.5 Å². The Hall–Kier alpha value is -2.87. The largest absolute Gasteiger partial charge is 0.470 e. The maximum Gasteiger partial charge on any atom is 0.329 e. The van der Waals surface area contributed by atoms with Crippen LogP contribution in [0.3, 0.4) is 0 Å². The summed E-state index contributed by atoms with van der Waals surface area (Å²) >= 11 is 4.14. The zero-order chi connectivity index (χ0) is 24.8. The number of urea groups is 2. The van der Waals surface area contributed by atoms with E-state index in [0.717, 1.165) is 29.3 Å². The third-order valence-corrected chi connectivity index (χ3v) is 7.45. The van der Waals surface area contributed by atoms with E-state index in [-0.39, 0.29) is 6.03 Å². The zero-order valence-corrected chi connectivity index (χ0v) is 21.3. The van der Waals surface area contributed by atoms with Gasteiger partial charge >= 0.3 is 12.1 Å². The van der Waals surface area contributed by atoms with Gasteiger partial charge in [-0.2, -0.15) is 0 Å². The van der Waals surface area contributed by atoms with Gasteiger partial charge in [-0.15, -0.1) is 0 Å². The number of hydrogen-bond acceptors (Lipinski definition) is 4. The number of hydrogen-bond donors (Lipinski definition) is 2.